The molecule has 0 amide bonds. The van der Waals surface area contributed by atoms with E-state index < -0.39 is 9.84 Å². The van der Waals surface area contributed by atoms with Crippen molar-refractivity contribution in [3.63, 3.8) is 0 Å². The molecule has 78 valence electrons. The minimum Gasteiger partial charge on any atom is -1.00 e. The fourth-order valence-electron chi connectivity index (χ4n) is 1.14. The van der Waals surface area contributed by atoms with Crippen molar-refractivity contribution < 1.29 is 39.4 Å². The maximum Gasteiger partial charge on any atom is 1.00 e. The molecular formula is C10H9N2NaO2S. The third kappa shape index (κ3) is 2.68. The van der Waals surface area contributed by atoms with Crippen LogP contribution in [0.2, 0.25) is 0 Å². The Kier molecular flexibility index (Phi) is 4.61. The zero-order chi connectivity index (χ0) is 10.7. The van der Waals surface area contributed by atoms with Gasteiger partial charge in [0.1, 0.15) is 0 Å². The summed E-state index contributed by atoms with van der Waals surface area (Å²) in [5.74, 6) is 0. The third-order valence-electron chi connectivity index (χ3n) is 1.87. The number of sulfone groups is 1. The van der Waals surface area contributed by atoms with Gasteiger partial charge in [0, 0.05) is 12.4 Å². The van der Waals surface area contributed by atoms with Crippen molar-refractivity contribution in [3.05, 3.63) is 48.9 Å². The van der Waals surface area contributed by atoms with E-state index in [1.165, 1.54) is 30.7 Å². The zero-order valence-corrected chi connectivity index (χ0v) is 11.6. The number of hydrogen-bond acceptors (Lipinski definition) is 4. The van der Waals surface area contributed by atoms with Crippen molar-refractivity contribution in [3.8, 4) is 0 Å². The second kappa shape index (κ2) is 5.54. The molecule has 0 aliphatic carbocycles. The molecular weight excluding hydrogens is 235 g/mol. The third-order valence-corrected chi connectivity index (χ3v) is 3.52. The minimum absolute atomic E-state index is 0. The van der Waals surface area contributed by atoms with E-state index >= 15 is 0 Å². The van der Waals surface area contributed by atoms with Crippen LogP contribution in [0.4, 0.5) is 0 Å². The van der Waals surface area contributed by atoms with Crippen molar-refractivity contribution in [2.75, 3.05) is 0 Å². The van der Waals surface area contributed by atoms with Crippen LogP contribution in [0, 0.1) is 0 Å². The minimum atomic E-state index is -3.51. The Hall–Kier alpha value is -0.750. The average Bonchev–Trinajstić information content (AvgIpc) is 2.31. The van der Waals surface area contributed by atoms with E-state index in [4.69, 9.17) is 0 Å². The van der Waals surface area contributed by atoms with Crippen LogP contribution in [0.25, 0.3) is 0 Å². The van der Waals surface area contributed by atoms with Gasteiger partial charge in [0.15, 0.2) is 5.03 Å². The van der Waals surface area contributed by atoms with Gasteiger partial charge < -0.3 is 1.43 Å². The van der Waals surface area contributed by atoms with Crippen LogP contribution in [0.3, 0.4) is 0 Å². The summed E-state index contributed by atoms with van der Waals surface area (Å²) in [6, 6.07) is 8.16. The molecule has 0 atom stereocenters. The van der Waals surface area contributed by atoms with Gasteiger partial charge in [-0.3, -0.25) is 4.98 Å². The van der Waals surface area contributed by atoms with Crippen molar-refractivity contribution in [1.29, 1.82) is 0 Å². The maximum atomic E-state index is 11.9. The van der Waals surface area contributed by atoms with Gasteiger partial charge in [-0.05, 0) is 12.1 Å². The molecule has 0 radical (unpaired) electrons. The van der Waals surface area contributed by atoms with Crippen LogP contribution in [0.15, 0.2) is 58.8 Å². The second-order valence-corrected chi connectivity index (χ2v) is 4.76. The first-order valence-corrected chi connectivity index (χ1v) is 5.76. The normalized spacial score (nSPS) is 10.5. The predicted molar refractivity (Wildman–Crippen MR) is 55.0 cm³/mol. The Balaban J connectivity index is 0.00000128. The molecule has 6 heteroatoms. The molecule has 0 N–H and O–H groups in total. The van der Waals surface area contributed by atoms with E-state index in [0.29, 0.717) is 0 Å². The van der Waals surface area contributed by atoms with Crippen LogP contribution in [0.1, 0.15) is 1.43 Å². The molecule has 16 heavy (non-hydrogen) atoms. The van der Waals surface area contributed by atoms with Gasteiger partial charge in [0.25, 0.3) is 0 Å². The number of aromatic nitrogens is 2. The smallest absolute Gasteiger partial charge is 1.00 e. The molecule has 0 bridgehead atoms. The molecule has 0 spiro atoms. The fourth-order valence-corrected chi connectivity index (χ4v) is 2.30. The number of benzene rings is 1. The topological polar surface area (TPSA) is 59.9 Å². The zero-order valence-electron chi connectivity index (χ0n) is 9.74. The first kappa shape index (κ1) is 13.3. The Labute approximate surface area is 117 Å². The molecule has 0 fully saturated rings. The molecule has 2 rings (SSSR count). The van der Waals surface area contributed by atoms with Crippen LogP contribution in [0.5, 0.6) is 0 Å². The second-order valence-electron chi connectivity index (χ2n) is 2.86. The largest absolute Gasteiger partial charge is 1.00 e. The molecule has 0 saturated carbocycles. The molecule has 0 saturated heterocycles. The fraction of sp³-hybridized carbons (Fsp3) is 0. The summed E-state index contributed by atoms with van der Waals surface area (Å²) in [4.78, 5) is 7.74. The molecule has 0 aliphatic rings. The molecule has 2 aromatic rings. The monoisotopic (exact) mass is 244 g/mol. The molecule has 1 aromatic carbocycles. The van der Waals surface area contributed by atoms with E-state index in [-0.39, 0.29) is 40.9 Å². The summed E-state index contributed by atoms with van der Waals surface area (Å²) in [5, 5.41) is -0.0313. The summed E-state index contributed by atoms with van der Waals surface area (Å²) < 4.78 is 23.9. The summed E-state index contributed by atoms with van der Waals surface area (Å²) in [7, 11) is -3.51. The molecule has 0 aliphatic heterocycles. The van der Waals surface area contributed by atoms with E-state index in [2.05, 4.69) is 9.97 Å². The van der Waals surface area contributed by atoms with E-state index in [9.17, 15) is 8.42 Å². The van der Waals surface area contributed by atoms with Gasteiger partial charge in [0.05, 0.1) is 11.1 Å². The van der Waals surface area contributed by atoms with Gasteiger partial charge in [-0.1, -0.05) is 18.2 Å². The van der Waals surface area contributed by atoms with Crippen LogP contribution in [-0.4, -0.2) is 18.4 Å². The molecule has 1 aromatic heterocycles. The number of rotatable bonds is 2. The summed E-state index contributed by atoms with van der Waals surface area (Å²) in [6.07, 6.45) is 4.03. The Morgan fingerprint density at radius 2 is 1.75 bits per heavy atom. The first-order valence-electron chi connectivity index (χ1n) is 4.27. The summed E-state index contributed by atoms with van der Waals surface area (Å²) >= 11 is 0. The Morgan fingerprint density at radius 1 is 1.06 bits per heavy atom. The average molecular weight is 244 g/mol. The van der Waals surface area contributed by atoms with Crippen molar-refractivity contribution in [2.24, 2.45) is 0 Å². The van der Waals surface area contributed by atoms with Crippen LogP contribution >= 0.6 is 0 Å². The SMILES string of the molecule is O=S(=O)(c1ccccc1)c1cnccn1.[H-].[Na+]. The maximum absolute atomic E-state index is 11.9. The summed E-state index contributed by atoms with van der Waals surface area (Å²) in [6.45, 7) is 0. The summed E-state index contributed by atoms with van der Waals surface area (Å²) in [5.41, 5.74) is 0. The van der Waals surface area contributed by atoms with Gasteiger partial charge in [-0.15, -0.1) is 0 Å². The van der Waals surface area contributed by atoms with Crippen LogP contribution in [-0.2, 0) is 9.84 Å². The molecule has 0 unspecified atom stereocenters. The van der Waals surface area contributed by atoms with Crippen molar-refractivity contribution in [1.82, 2.24) is 9.97 Å². The Morgan fingerprint density at radius 3 is 2.31 bits per heavy atom. The number of hydrogen-bond donors (Lipinski definition) is 0. The molecule has 1 heterocycles. The van der Waals surface area contributed by atoms with E-state index in [1.54, 1.807) is 18.2 Å². The Bertz CT molecular complexity index is 504. The van der Waals surface area contributed by atoms with Crippen LogP contribution < -0.4 is 29.6 Å². The van der Waals surface area contributed by atoms with Gasteiger partial charge in [-0.2, -0.15) is 0 Å². The quantitative estimate of drug-likeness (QED) is 0.599. The van der Waals surface area contributed by atoms with Crippen molar-refractivity contribution >= 4 is 9.84 Å². The van der Waals surface area contributed by atoms with E-state index in [0.717, 1.165) is 0 Å². The number of nitrogens with zero attached hydrogens (tertiary/aromatic N) is 2. The van der Waals surface area contributed by atoms with Gasteiger partial charge >= 0.3 is 29.6 Å². The van der Waals surface area contributed by atoms with Gasteiger partial charge in [-0.25, -0.2) is 13.4 Å². The molecule has 4 nitrogen and oxygen atoms in total. The first-order chi connectivity index (χ1) is 7.21. The van der Waals surface area contributed by atoms with E-state index in [1.807, 2.05) is 0 Å². The standard InChI is InChI=1S/C10H8N2O2S.Na.H/c13-15(14,9-4-2-1-3-5-9)10-8-11-6-7-12-10;;/h1-8H;;/q;+1;-1. The van der Waals surface area contributed by atoms with Crippen molar-refractivity contribution in [2.45, 2.75) is 9.92 Å². The van der Waals surface area contributed by atoms with Gasteiger partial charge in [0.2, 0.25) is 9.84 Å². The predicted octanol–water partition coefficient (Wildman–Crippen LogP) is -1.57.